The molecule has 1 aromatic heterocycles. The zero-order chi connectivity index (χ0) is 23.8. The first-order chi connectivity index (χ1) is 15.8. The molecule has 1 aliphatic rings. The molecule has 0 aliphatic carbocycles. The summed E-state index contributed by atoms with van der Waals surface area (Å²) in [5.41, 5.74) is 4.67. The number of carbonyl (C=O) groups is 3. The number of amides is 3. The fourth-order valence-corrected chi connectivity index (χ4v) is 4.95. The first-order valence-corrected chi connectivity index (χ1v) is 12.1. The number of thioether (sulfide) groups is 1. The van der Waals surface area contributed by atoms with Crippen molar-refractivity contribution in [3.63, 3.8) is 0 Å². The van der Waals surface area contributed by atoms with Gasteiger partial charge in [0.2, 0.25) is 5.91 Å². The third-order valence-corrected chi connectivity index (χ3v) is 6.83. The number of carbonyl (C=O) groups excluding carboxylic acids is 3. The van der Waals surface area contributed by atoms with E-state index in [1.165, 1.54) is 36.0 Å². The topological polar surface area (TPSA) is 122 Å². The minimum Gasteiger partial charge on any atom is -0.293 e. The van der Waals surface area contributed by atoms with Gasteiger partial charge in [0, 0.05) is 35.5 Å². The number of rotatable bonds is 9. The Morgan fingerprint density at radius 3 is 2.55 bits per heavy atom. The lowest BCUT2D eigenvalue weighted by atomic mass is 10.2. The summed E-state index contributed by atoms with van der Waals surface area (Å²) in [7, 11) is 0. The van der Waals surface area contributed by atoms with Gasteiger partial charge < -0.3 is 0 Å². The Morgan fingerprint density at radius 1 is 1.12 bits per heavy atom. The van der Waals surface area contributed by atoms with Crippen molar-refractivity contribution in [3.8, 4) is 0 Å². The first-order valence-electron chi connectivity index (χ1n) is 9.97. The number of nitrogens with one attached hydrogen (secondary N) is 2. The van der Waals surface area contributed by atoms with Crippen LogP contribution in [0.25, 0.3) is 6.08 Å². The number of nitro benzene ring substituents is 1. The minimum absolute atomic E-state index is 0.0925. The molecule has 2 N–H and O–H groups in total. The Bertz CT molecular complexity index is 1080. The monoisotopic (exact) mass is 504 g/mol. The maximum Gasteiger partial charge on any atom is 0.269 e. The van der Waals surface area contributed by atoms with Crippen molar-refractivity contribution in [3.05, 3.63) is 67.2 Å². The van der Waals surface area contributed by atoms with Crippen LogP contribution in [0.15, 0.2) is 46.7 Å². The lowest BCUT2D eigenvalue weighted by Crippen LogP contribution is -2.41. The second-order valence-electron chi connectivity index (χ2n) is 6.97. The van der Waals surface area contributed by atoms with Crippen molar-refractivity contribution in [2.24, 2.45) is 0 Å². The molecule has 12 heteroatoms. The van der Waals surface area contributed by atoms with Crippen LogP contribution >= 0.6 is 35.3 Å². The van der Waals surface area contributed by atoms with Crippen molar-refractivity contribution in [1.82, 2.24) is 15.8 Å². The highest BCUT2D eigenvalue weighted by molar-refractivity contribution is 8.26. The van der Waals surface area contributed by atoms with E-state index < -0.39 is 10.8 Å². The van der Waals surface area contributed by atoms with Crippen LogP contribution in [-0.4, -0.2) is 38.4 Å². The van der Waals surface area contributed by atoms with Gasteiger partial charge in [0.25, 0.3) is 17.5 Å². The molecule has 1 aliphatic heterocycles. The zero-order valence-electron chi connectivity index (χ0n) is 17.3. The maximum absolute atomic E-state index is 12.5. The number of hydrazine groups is 1. The van der Waals surface area contributed by atoms with Crippen LogP contribution in [0.2, 0.25) is 0 Å². The standard InChI is InChI=1S/C21H20N4O5S3/c26-18(22-23-19(27)14-7-9-15(10-8-14)25(29)30)6-2-1-3-11-24-20(28)17(33-21(24)31)13-16-5-4-12-32-16/h4-5,7-10,12-13H,1-3,6,11H2,(H,22,26)(H,23,27)/b17-13+. The molecule has 3 amide bonds. The predicted molar refractivity (Wildman–Crippen MR) is 131 cm³/mol. The van der Waals surface area contributed by atoms with Gasteiger partial charge in [-0.05, 0) is 42.5 Å². The number of hydrogen-bond acceptors (Lipinski definition) is 8. The van der Waals surface area contributed by atoms with Crippen LogP contribution in [-0.2, 0) is 9.59 Å². The van der Waals surface area contributed by atoms with Crippen LogP contribution in [0.3, 0.4) is 0 Å². The lowest BCUT2D eigenvalue weighted by Gasteiger charge is -2.14. The van der Waals surface area contributed by atoms with Crippen LogP contribution < -0.4 is 10.9 Å². The highest BCUT2D eigenvalue weighted by Gasteiger charge is 2.31. The minimum atomic E-state index is -0.566. The van der Waals surface area contributed by atoms with Crippen LogP contribution in [0.1, 0.15) is 40.9 Å². The molecule has 0 unspecified atom stereocenters. The summed E-state index contributed by atoms with van der Waals surface area (Å²) in [6.07, 6.45) is 4.04. The second-order valence-corrected chi connectivity index (χ2v) is 9.62. The first kappa shape index (κ1) is 24.6. The normalized spacial score (nSPS) is 14.5. The van der Waals surface area contributed by atoms with E-state index in [9.17, 15) is 24.5 Å². The molecule has 1 aromatic carbocycles. The number of hydrogen-bond donors (Lipinski definition) is 2. The number of nitro groups is 1. The molecule has 0 radical (unpaired) electrons. The fourth-order valence-electron chi connectivity index (χ4n) is 2.92. The van der Waals surface area contributed by atoms with E-state index in [-0.39, 0.29) is 29.5 Å². The Labute approximate surface area is 203 Å². The van der Waals surface area contributed by atoms with Gasteiger partial charge in [0.1, 0.15) is 4.32 Å². The van der Waals surface area contributed by atoms with Gasteiger partial charge in [-0.2, -0.15) is 0 Å². The van der Waals surface area contributed by atoms with E-state index in [1.54, 1.807) is 16.2 Å². The molecule has 2 aromatic rings. The molecule has 0 atom stereocenters. The Morgan fingerprint density at radius 2 is 1.88 bits per heavy atom. The van der Waals surface area contributed by atoms with E-state index in [0.29, 0.717) is 35.0 Å². The van der Waals surface area contributed by atoms with E-state index in [1.807, 2.05) is 23.6 Å². The van der Waals surface area contributed by atoms with Crippen LogP contribution in [0, 0.1) is 10.1 Å². The smallest absolute Gasteiger partial charge is 0.269 e. The van der Waals surface area contributed by atoms with Crippen LogP contribution in [0.4, 0.5) is 5.69 Å². The van der Waals surface area contributed by atoms with Crippen molar-refractivity contribution in [2.75, 3.05) is 6.54 Å². The molecule has 0 spiro atoms. The quantitative estimate of drug-likeness (QED) is 0.175. The SMILES string of the molecule is O=C(CCCCCN1C(=O)/C(=C\c2cccs2)SC1=S)NNC(=O)c1ccc([N+](=O)[O-])cc1. The summed E-state index contributed by atoms with van der Waals surface area (Å²) in [6.45, 7) is 0.491. The average molecular weight is 505 g/mol. The van der Waals surface area contributed by atoms with Crippen molar-refractivity contribution in [1.29, 1.82) is 0 Å². The molecule has 2 heterocycles. The molecule has 172 valence electrons. The number of thiophene rings is 1. The van der Waals surface area contributed by atoms with Crippen molar-refractivity contribution in [2.45, 2.75) is 25.7 Å². The number of non-ortho nitro benzene ring substituents is 1. The molecule has 3 rings (SSSR count). The molecule has 33 heavy (non-hydrogen) atoms. The summed E-state index contributed by atoms with van der Waals surface area (Å²) in [5, 5.41) is 12.6. The molecule has 9 nitrogen and oxygen atoms in total. The molecule has 1 saturated heterocycles. The van der Waals surface area contributed by atoms with Gasteiger partial charge in [0.05, 0.1) is 9.83 Å². The van der Waals surface area contributed by atoms with Gasteiger partial charge in [-0.25, -0.2) is 0 Å². The number of benzene rings is 1. The Balaban J connectivity index is 1.33. The third kappa shape index (κ3) is 6.94. The highest BCUT2D eigenvalue weighted by Crippen LogP contribution is 2.33. The second kappa shape index (κ2) is 11.7. The predicted octanol–water partition coefficient (Wildman–Crippen LogP) is 3.88. The summed E-state index contributed by atoms with van der Waals surface area (Å²) in [4.78, 5) is 49.8. The number of unbranched alkanes of at least 4 members (excludes halogenated alkanes) is 2. The molecular formula is C21H20N4O5S3. The molecule has 0 bridgehead atoms. The summed E-state index contributed by atoms with van der Waals surface area (Å²) >= 11 is 8.17. The number of thiocarbonyl (C=S) groups is 1. The zero-order valence-corrected chi connectivity index (χ0v) is 19.8. The van der Waals surface area contributed by atoms with Crippen molar-refractivity contribution >= 4 is 69.1 Å². The summed E-state index contributed by atoms with van der Waals surface area (Å²) in [5.74, 6) is -1.01. The summed E-state index contributed by atoms with van der Waals surface area (Å²) < 4.78 is 0.537. The largest absolute Gasteiger partial charge is 0.293 e. The molecular weight excluding hydrogens is 484 g/mol. The molecule has 1 fully saturated rings. The van der Waals surface area contributed by atoms with Gasteiger partial charge >= 0.3 is 0 Å². The van der Waals surface area contributed by atoms with E-state index in [0.717, 1.165) is 4.88 Å². The Hall–Kier alpha value is -3.09. The van der Waals surface area contributed by atoms with Gasteiger partial charge in [-0.15, -0.1) is 11.3 Å². The lowest BCUT2D eigenvalue weighted by molar-refractivity contribution is -0.384. The van der Waals surface area contributed by atoms with Gasteiger partial charge in [0.15, 0.2) is 0 Å². The third-order valence-electron chi connectivity index (χ3n) is 4.63. The van der Waals surface area contributed by atoms with Crippen molar-refractivity contribution < 1.29 is 19.3 Å². The van der Waals surface area contributed by atoms with E-state index >= 15 is 0 Å². The van der Waals surface area contributed by atoms with E-state index in [2.05, 4.69) is 10.9 Å². The van der Waals surface area contributed by atoms with E-state index in [4.69, 9.17) is 12.2 Å². The fraction of sp³-hybridized carbons (Fsp3) is 0.238. The molecule has 0 saturated carbocycles. The maximum atomic E-state index is 12.5. The van der Waals surface area contributed by atoms with Gasteiger partial charge in [-0.3, -0.25) is 40.2 Å². The van der Waals surface area contributed by atoms with Gasteiger partial charge in [-0.1, -0.05) is 36.5 Å². The summed E-state index contributed by atoms with van der Waals surface area (Å²) in [6, 6.07) is 8.91. The number of nitrogens with zero attached hydrogens (tertiary/aromatic N) is 2. The average Bonchev–Trinajstić information content (AvgIpc) is 3.40. The highest BCUT2D eigenvalue weighted by atomic mass is 32.2. The Kier molecular flexibility index (Phi) is 8.69. The van der Waals surface area contributed by atoms with Crippen LogP contribution in [0.5, 0.6) is 0 Å².